The van der Waals surface area contributed by atoms with E-state index in [2.05, 4.69) is 25.7 Å². The average molecular weight is 514 g/mol. The monoisotopic (exact) mass is 513 g/mol. The highest BCUT2D eigenvalue weighted by molar-refractivity contribution is 7.92. The molecule has 2 aliphatic heterocycles. The summed E-state index contributed by atoms with van der Waals surface area (Å²) in [7, 11) is -2.07. The van der Waals surface area contributed by atoms with Crippen molar-refractivity contribution in [2.24, 2.45) is 0 Å². The first-order valence-corrected chi connectivity index (χ1v) is 14.1. The van der Waals surface area contributed by atoms with Crippen LogP contribution in [0.1, 0.15) is 47.2 Å². The maximum atomic E-state index is 13.0. The number of carbonyl (C=O) groups excluding carboxylic acids is 2. The lowest BCUT2D eigenvalue weighted by atomic mass is 9.80. The molecule has 2 N–H and O–H groups in total. The van der Waals surface area contributed by atoms with Crippen molar-refractivity contribution < 1.29 is 27.5 Å². The van der Waals surface area contributed by atoms with Crippen LogP contribution in [0.15, 0.2) is 36.4 Å². The summed E-state index contributed by atoms with van der Waals surface area (Å²) in [6.07, 6.45) is 5.41. The standard InChI is InChI=1S/C26H31N3O6S/c1-34-25(31)27-19-5-3-18-14-21(7-4-17(18)13-19)29-11-9-26(10-12-29)16-23(30)22-15-20(28-36(2,32)33)6-8-24(22)35-26/h3,5-6,8,13,15,21,28H,4,7,9-12,14,16H2,1-2H3,(H,27,31)/t21-/m1/s1. The molecule has 0 bridgehead atoms. The molecule has 1 aliphatic carbocycles. The number of fused-ring (bicyclic) bond motifs is 2. The molecular weight excluding hydrogens is 482 g/mol. The van der Waals surface area contributed by atoms with Gasteiger partial charge in [0, 0.05) is 43.3 Å². The van der Waals surface area contributed by atoms with Gasteiger partial charge in [-0.05, 0) is 60.7 Å². The van der Waals surface area contributed by atoms with E-state index in [0.29, 0.717) is 29.5 Å². The number of piperidine rings is 1. The number of benzene rings is 2. The predicted molar refractivity (Wildman–Crippen MR) is 136 cm³/mol. The number of anilines is 2. The fourth-order valence-electron chi connectivity index (χ4n) is 5.64. The molecule has 2 heterocycles. The lowest BCUT2D eigenvalue weighted by Crippen LogP contribution is -2.54. The molecule has 1 atom stereocenters. The number of nitrogens with zero attached hydrogens (tertiary/aromatic N) is 1. The normalized spacial score (nSPS) is 21.2. The number of ketones is 1. The minimum Gasteiger partial charge on any atom is -0.486 e. The maximum Gasteiger partial charge on any atom is 0.411 e. The molecule has 3 aliphatic rings. The Hall–Kier alpha value is -3.11. The number of nitrogens with one attached hydrogen (secondary N) is 2. The number of hydrogen-bond acceptors (Lipinski definition) is 7. The summed E-state index contributed by atoms with van der Waals surface area (Å²) >= 11 is 0. The number of amides is 1. The first-order chi connectivity index (χ1) is 17.1. The van der Waals surface area contributed by atoms with Gasteiger partial charge in [0.15, 0.2) is 5.78 Å². The summed E-state index contributed by atoms with van der Waals surface area (Å²) in [4.78, 5) is 27.0. The molecule has 192 valence electrons. The van der Waals surface area contributed by atoms with Gasteiger partial charge in [-0.15, -0.1) is 0 Å². The van der Waals surface area contributed by atoms with Gasteiger partial charge in [0.1, 0.15) is 11.4 Å². The van der Waals surface area contributed by atoms with Crippen molar-refractivity contribution in [2.75, 3.05) is 36.5 Å². The van der Waals surface area contributed by atoms with Crippen molar-refractivity contribution in [3.05, 3.63) is 53.1 Å². The van der Waals surface area contributed by atoms with Gasteiger partial charge in [0.25, 0.3) is 0 Å². The fourth-order valence-corrected chi connectivity index (χ4v) is 6.20. The quantitative estimate of drug-likeness (QED) is 0.642. The highest BCUT2D eigenvalue weighted by Gasteiger charge is 2.44. The van der Waals surface area contributed by atoms with Crippen LogP contribution in [0.4, 0.5) is 16.2 Å². The topological polar surface area (TPSA) is 114 Å². The molecule has 10 heteroatoms. The molecule has 0 saturated carbocycles. The summed E-state index contributed by atoms with van der Waals surface area (Å²) in [5, 5.41) is 2.73. The largest absolute Gasteiger partial charge is 0.486 e. The van der Waals surface area contributed by atoms with Gasteiger partial charge in [-0.25, -0.2) is 13.2 Å². The Morgan fingerprint density at radius 2 is 1.86 bits per heavy atom. The van der Waals surface area contributed by atoms with Crippen LogP contribution in [-0.2, 0) is 27.6 Å². The Kier molecular flexibility index (Phi) is 6.42. The molecular formula is C26H31N3O6S. The molecule has 5 rings (SSSR count). The van der Waals surface area contributed by atoms with E-state index in [9.17, 15) is 18.0 Å². The molecule has 2 aromatic carbocycles. The second-order valence-corrected chi connectivity index (χ2v) is 11.8. The number of Topliss-reactive ketones (excluding diaryl/α,β-unsaturated/α-hetero) is 1. The lowest BCUT2D eigenvalue weighted by molar-refractivity contribution is -0.0200. The van der Waals surface area contributed by atoms with E-state index >= 15 is 0 Å². The zero-order valence-corrected chi connectivity index (χ0v) is 21.3. The molecule has 2 aromatic rings. The Bertz CT molecular complexity index is 1300. The van der Waals surface area contributed by atoms with Gasteiger partial charge in [0.2, 0.25) is 10.0 Å². The van der Waals surface area contributed by atoms with Crippen molar-refractivity contribution in [2.45, 2.75) is 50.2 Å². The third-order valence-corrected chi connectivity index (χ3v) is 8.07. The van der Waals surface area contributed by atoms with E-state index in [1.54, 1.807) is 18.2 Å². The van der Waals surface area contributed by atoms with Crippen LogP contribution < -0.4 is 14.8 Å². The second kappa shape index (κ2) is 9.40. The van der Waals surface area contributed by atoms with Crippen LogP contribution in [-0.4, -0.2) is 63.3 Å². The van der Waals surface area contributed by atoms with Crippen LogP contribution in [0.25, 0.3) is 0 Å². The Morgan fingerprint density at radius 1 is 1.11 bits per heavy atom. The maximum absolute atomic E-state index is 13.0. The summed E-state index contributed by atoms with van der Waals surface area (Å²) in [5.74, 6) is 0.520. The number of rotatable bonds is 4. The summed E-state index contributed by atoms with van der Waals surface area (Å²) in [6.45, 7) is 1.72. The Morgan fingerprint density at radius 3 is 2.58 bits per heavy atom. The number of likely N-dealkylation sites (tertiary alicyclic amines) is 1. The highest BCUT2D eigenvalue weighted by Crippen LogP contribution is 2.41. The number of sulfonamides is 1. The van der Waals surface area contributed by atoms with Gasteiger partial charge < -0.3 is 9.47 Å². The number of hydrogen-bond donors (Lipinski definition) is 2. The highest BCUT2D eigenvalue weighted by atomic mass is 32.2. The van der Waals surface area contributed by atoms with E-state index < -0.39 is 21.7 Å². The molecule has 0 aromatic heterocycles. The smallest absolute Gasteiger partial charge is 0.411 e. The number of aryl methyl sites for hydroxylation is 1. The summed E-state index contributed by atoms with van der Waals surface area (Å²) < 4.78 is 36.6. The number of ether oxygens (including phenoxy) is 2. The first-order valence-electron chi connectivity index (χ1n) is 12.2. The third kappa shape index (κ3) is 5.19. The molecule has 1 saturated heterocycles. The predicted octanol–water partition coefficient (Wildman–Crippen LogP) is 3.59. The van der Waals surface area contributed by atoms with Gasteiger partial charge in [0.05, 0.1) is 25.3 Å². The third-order valence-electron chi connectivity index (χ3n) is 7.46. The van der Waals surface area contributed by atoms with Crippen molar-refractivity contribution in [1.82, 2.24) is 4.90 Å². The number of carbonyl (C=O) groups is 2. The molecule has 0 unspecified atom stereocenters. The minimum atomic E-state index is -3.42. The van der Waals surface area contributed by atoms with Crippen LogP contribution >= 0.6 is 0 Å². The summed E-state index contributed by atoms with van der Waals surface area (Å²) in [5.41, 5.74) is 3.60. The van der Waals surface area contributed by atoms with Gasteiger partial charge in [-0.1, -0.05) is 6.07 Å². The van der Waals surface area contributed by atoms with E-state index in [1.165, 1.54) is 18.2 Å². The van der Waals surface area contributed by atoms with Gasteiger partial charge >= 0.3 is 6.09 Å². The van der Waals surface area contributed by atoms with E-state index in [0.717, 1.165) is 57.1 Å². The molecule has 0 radical (unpaired) electrons. The van der Waals surface area contributed by atoms with Crippen LogP contribution in [0, 0.1) is 0 Å². The molecule has 1 fully saturated rings. The van der Waals surface area contributed by atoms with Gasteiger partial charge in [-0.3, -0.25) is 19.7 Å². The zero-order chi connectivity index (χ0) is 25.5. The lowest BCUT2D eigenvalue weighted by Gasteiger charge is -2.46. The molecule has 36 heavy (non-hydrogen) atoms. The second-order valence-electron chi connectivity index (χ2n) is 10.0. The van der Waals surface area contributed by atoms with Crippen LogP contribution in [0.5, 0.6) is 5.75 Å². The van der Waals surface area contributed by atoms with Crippen LogP contribution in [0.3, 0.4) is 0 Å². The zero-order valence-electron chi connectivity index (χ0n) is 20.5. The van der Waals surface area contributed by atoms with E-state index in [4.69, 9.17) is 4.74 Å². The van der Waals surface area contributed by atoms with Crippen molar-refractivity contribution in [3.63, 3.8) is 0 Å². The first kappa shape index (κ1) is 24.6. The average Bonchev–Trinajstić information content (AvgIpc) is 2.83. The van der Waals surface area contributed by atoms with Gasteiger partial charge in [-0.2, -0.15) is 0 Å². The molecule has 1 spiro atoms. The molecule has 1 amide bonds. The Labute approximate surface area is 211 Å². The fraction of sp³-hybridized carbons (Fsp3) is 0.462. The van der Waals surface area contributed by atoms with E-state index in [1.807, 2.05) is 12.1 Å². The van der Waals surface area contributed by atoms with Crippen LogP contribution in [0.2, 0.25) is 0 Å². The summed E-state index contributed by atoms with van der Waals surface area (Å²) in [6, 6.07) is 11.4. The molecule has 9 nitrogen and oxygen atoms in total. The SMILES string of the molecule is COC(=O)Nc1ccc2c(c1)CC[C@@H](N1CCC3(CC1)CC(=O)c1cc(NS(C)(=O)=O)ccc1O3)C2. The Balaban J connectivity index is 1.22. The van der Waals surface area contributed by atoms with Crippen molar-refractivity contribution in [1.29, 1.82) is 0 Å². The number of methoxy groups -OCH3 is 1. The minimum absolute atomic E-state index is 0.00943. The van der Waals surface area contributed by atoms with Crippen molar-refractivity contribution in [3.8, 4) is 5.75 Å². The van der Waals surface area contributed by atoms with E-state index in [-0.39, 0.29) is 5.78 Å². The van der Waals surface area contributed by atoms with Crippen molar-refractivity contribution >= 4 is 33.3 Å².